The van der Waals surface area contributed by atoms with Crippen LogP contribution in [-0.2, 0) is 24.4 Å². The van der Waals surface area contributed by atoms with Crippen molar-refractivity contribution in [1.82, 2.24) is 14.1 Å². The maximum atomic E-state index is 12.4. The van der Waals surface area contributed by atoms with Crippen molar-refractivity contribution in [2.75, 3.05) is 26.4 Å². The quantitative estimate of drug-likeness (QED) is 0.229. The molecule has 0 spiro atoms. The van der Waals surface area contributed by atoms with Gasteiger partial charge in [-0.2, -0.15) is 0 Å². The molecule has 2 aromatic heterocycles. The molecule has 0 radical (unpaired) electrons. The van der Waals surface area contributed by atoms with Gasteiger partial charge in [0.05, 0.1) is 18.8 Å². The molecule has 180 valence electrons. The first kappa shape index (κ1) is 23.4. The second-order valence-corrected chi connectivity index (χ2v) is 9.19. The lowest BCUT2D eigenvalue weighted by Crippen LogP contribution is -2.15. The number of benzene rings is 2. The van der Waals surface area contributed by atoms with Gasteiger partial charge in [-0.15, -0.1) is 14.1 Å². The van der Waals surface area contributed by atoms with Gasteiger partial charge in [0.15, 0.2) is 0 Å². The molecule has 0 saturated heterocycles. The Bertz CT molecular complexity index is 1350. The second kappa shape index (κ2) is 8.90. The van der Waals surface area contributed by atoms with Crippen molar-refractivity contribution in [3.8, 4) is 11.4 Å². The molecule has 34 heavy (non-hydrogen) atoms. The van der Waals surface area contributed by atoms with Gasteiger partial charge in [-0.1, -0.05) is 33.4 Å². The summed E-state index contributed by atoms with van der Waals surface area (Å²) in [4.78, 5) is 25.5. The normalized spacial score (nSPS) is 12.0. The van der Waals surface area contributed by atoms with E-state index in [0.29, 0.717) is 16.8 Å². The van der Waals surface area contributed by atoms with E-state index < -0.39 is 11.9 Å². The standard InChI is InChI=1S/C25H29N3O6/c1-16(2)23(30)33-12-10-32-11-13-34-24(31)17-6-8-19-21(14-17)28-26(19)27(28)20-9-7-18(15-22(20)29)25(3,4)5/h6-9,14-15,29H,1,10-13H2,2-5H3. The molecule has 9 heteroatoms. The lowest BCUT2D eigenvalue weighted by Gasteiger charge is -2.19. The molecule has 0 amide bonds. The summed E-state index contributed by atoms with van der Waals surface area (Å²) >= 11 is 0. The van der Waals surface area contributed by atoms with E-state index in [9.17, 15) is 14.7 Å². The van der Waals surface area contributed by atoms with E-state index in [4.69, 9.17) is 14.2 Å². The second-order valence-electron chi connectivity index (χ2n) is 9.19. The highest BCUT2D eigenvalue weighted by Gasteiger charge is 2.27. The van der Waals surface area contributed by atoms with Gasteiger partial charge in [-0.3, -0.25) is 0 Å². The first-order valence-corrected chi connectivity index (χ1v) is 11.0. The summed E-state index contributed by atoms with van der Waals surface area (Å²) in [6.45, 7) is 12.0. The van der Waals surface area contributed by atoms with Crippen LogP contribution in [0.3, 0.4) is 0 Å². The SMILES string of the molecule is C=C(C)C(=O)OCCOCCOC(=O)c1ccc2c(c1)n1n(-c3ccc(C(C)(C)C)cc3O)n21. The van der Waals surface area contributed by atoms with Crippen LogP contribution in [0.25, 0.3) is 16.7 Å². The largest absolute Gasteiger partial charge is 0.506 e. The van der Waals surface area contributed by atoms with Crippen LogP contribution >= 0.6 is 0 Å². The molecule has 0 bridgehead atoms. The predicted octanol–water partition coefficient (Wildman–Crippen LogP) is 3.72. The van der Waals surface area contributed by atoms with Crippen molar-refractivity contribution < 1.29 is 28.9 Å². The van der Waals surface area contributed by atoms with Gasteiger partial charge >= 0.3 is 11.9 Å². The molecular formula is C25H29N3O6. The molecule has 2 heterocycles. The Hall–Kier alpha value is -3.72. The highest BCUT2D eigenvalue weighted by atomic mass is 16.6. The summed E-state index contributed by atoms with van der Waals surface area (Å²) in [7, 11) is 0. The van der Waals surface area contributed by atoms with Crippen molar-refractivity contribution >= 4 is 23.0 Å². The van der Waals surface area contributed by atoms with Crippen molar-refractivity contribution in [3.63, 3.8) is 0 Å². The minimum Gasteiger partial charge on any atom is -0.506 e. The Morgan fingerprint density at radius 2 is 1.62 bits per heavy atom. The van der Waals surface area contributed by atoms with Crippen LogP contribution in [0.4, 0.5) is 0 Å². The summed E-state index contributed by atoms with van der Waals surface area (Å²) < 4.78 is 19.3. The maximum Gasteiger partial charge on any atom is 0.338 e. The number of phenols is 1. The lowest BCUT2D eigenvalue weighted by atomic mass is 9.87. The lowest BCUT2D eigenvalue weighted by molar-refractivity contribution is -0.140. The Morgan fingerprint density at radius 3 is 2.26 bits per heavy atom. The minimum absolute atomic E-state index is 0.0603. The summed E-state index contributed by atoms with van der Waals surface area (Å²) in [5.41, 5.74) is 4.19. The fraction of sp³-hybridized carbons (Fsp3) is 0.360. The summed E-state index contributed by atoms with van der Waals surface area (Å²) in [5.74, 6) is -0.720. The van der Waals surface area contributed by atoms with Gasteiger partial charge in [0.2, 0.25) is 0 Å². The van der Waals surface area contributed by atoms with Crippen LogP contribution in [0.5, 0.6) is 5.75 Å². The number of hydrogen-bond donors (Lipinski definition) is 1. The number of carbonyl (C=O) groups excluding carboxylic acids is 2. The summed E-state index contributed by atoms with van der Waals surface area (Å²) in [5, 5.41) is 10.6. The zero-order valence-corrected chi connectivity index (χ0v) is 19.8. The number of hydrogen-bond acceptors (Lipinski definition) is 6. The number of esters is 2. The van der Waals surface area contributed by atoms with E-state index in [1.54, 1.807) is 25.1 Å². The Balaban J connectivity index is 1.33. The van der Waals surface area contributed by atoms with E-state index in [-0.39, 0.29) is 37.6 Å². The van der Waals surface area contributed by atoms with Crippen LogP contribution in [0.15, 0.2) is 48.6 Å². The van der Waals surface area contributed by atoms with Crippen LogP contribution in [0.1, 0.15) is 43.6 Å². The van der Waals surface area contributed by atoms with Gasteiger partial charge in [0.1, 0.15) is 35.7 Å². The van der Waals surface area contributed by atoms with Gasteiger partial charge in [-0.05, 0) is 48.2 Å². The first-order chi connectivity index (χ1) is 16.1. The number of phenolic OH excluding ortho intramolecular Hbond substituents is 1. The van der Waals surface area contributed by atoms with E-state index in [1.807, 2.05) is 32.3 Å². The fourth-order valence-electron chi connectivity index (χ4n) is 3.53. The Labute approximate surface area is 197 Å². The van der Waals surface area contributed by atoms with E-state index in [2.05, 4.69) is 27.4 Å². The molecule has 2 aromatic carbocycles. The number of aromatic nitrogens is 3. The fourth-order valence-corrected chi connectivity index (χ4v) is 3.53. The predicted molar refractivity (Wildman–Crippen MR) is 126 cm³/mol. The van der Waals surface area contributed by atoms with Crippen molar-refractivity contribution in [3.05, 3.63) is 59.7 Å². The molecule has 0 aliphatic heterocycles. The number of aromatic hydroxyl groups is 1. The molecule has 4 rings (SSSR count). The monoisotopic (exact) mass is 467 g/mol. The van der Waals surface area contributed by atoms with Crippen LogP contribution < -0.4 is 0 Å². The number of ether oxygens (including phenoxy) is 3. The zero-order chi connectivity index (χ0) is 24.6. The molecule has 9 nitrogen and oxygen atoms in total. The average molecular weight is 468 g/mol. The first-order valence-electron chi connectivity index (χ1n) is 11.0. The van der Waals surface area contributed by atoms with E-state index in [1.165, 1.54) is 0 Å². The molecule has 4 aromatic rings. The molecule has 0 aliphatic carbocycles. The van der Waals surface area contributed by atoms with E-state index >= 15 is 0 Å². The van der Waals surface area contributed by atoms with Crippen LogP contribution in [0.2, 0.25) is 0 Å². The maximum absolute atomic E-state index is 12.4. The van der Waals surface area contributed by atoms with Crippen molar-refractivity contribution in [2.45, 2.75) is 33.1 Å². The number of rotatable bonds is 9. The smallest absolute Gasteiger partial charge is 0.338 e. The Kier molecular flexibility index (Phi) is 6.14. The zero-order valence-electron chi connectivity index (χ0n) is 19.8. The highest BCUT2D eigenvalue weighted by molar-refractivity contribution is 5.94. The molecular weight excluding hydrogens is 438 g/mol. The molecule has 0 saturated carbocycles. The molecule has 1 N–H and O–H groups in total. The number of nitrogens with zero attached hydrogens (tertiary/aromatic N) is 3. The van der Waals surface area contributed by atoms with Crippen molar-refractivity contribution in [1.29, 1.82) is 0 Å². The van der Waals surface area contributed by atoms with Crippen LogP contribution in [-0.4, -0.2) is 57.5 Å². The number of fused-ring (bicyclic) bond motifs is 4. The molecule has 0 fully saturated rings. The highest BCUT2D eigenvalue weighted by Crippen LogP contribution is 2.34. The third-order valence-corrected chi connectivity index (χ3v) is 5.48. The summed E-state index contributed by atoms with van der Waals surface area (Å²) in [6.07, 6.45) is 0. The van der Waals surface area contributed by atoms with Gasteiger partial charge in [-0.25, -0.2) is 9.59 Å². The Morgan fingerprint density at radius 1 is 0.941 bits per heavy atom. The third-order valence-electron chi connectivity index (χ3n) is 5.48. The summed E-state index contributed by atoms with van der Waals surface area (Å²) in [6, 6.07) is 11.0. The average Bonchev–Trinajstić information content (AvgIpc) is 3.43. The molecule has 0 unspecified atom stereocenters. The van der Waals surface area contributed by atoms with Gasteiger partial charge in [0, 0.05) is 5.57 Å². The molecule has 0 atom stereocenters. The van der Waals surface area contributed by atoms with Crippen molar-refractivity contribution in [2.24, 2.45) is 0 Å². The van der Waals surface area contributed by atoms with Gasteiger partial charge in [0.25, 0.3) is 0 Å². The topological polar surface area (TPSA) is 95.8 Å². The van der Waals surface area contributed by atoms with Crippen LogP contribution in [0, 0.1) is 0 Å². The molecule has 0 aliphatic rings. The van der Waals surface area contributed by atoms with E-state index in [0.717, 1.165) is 16.6 Å². The minimum atomic E-state index is -0.462. The van der Waals surface area contributed by atoms with Gasteiger partial charge < -0.3 is 19.3 Å². The number of carbonyl (C=O) groups is 2. The third kappa shape index (κ3) is 4.51.